The summed E-state index contributed by atoms with van der Waals surface area (Å²) in [5.74, 6) is -1.32. The molecule has 0 bridgehead atoms. The van der Waals surface area contributed by atoms with Gasteiger partial charge in [0.2, 0.25) is 5.91 Å². The maximum Gasteiger partial charge on any atom is 0.239 e. The van der Waals surface area contributed by atoms with Gasteiger partial charge in [0.25, 0.3) is 0 Å². The van der Waals surface area contributed by atoms with Crippen molar-refractivity contribution in [1.29, 1.82) is 0 Å². The minimum Gasteiger partial charge on any atom is -0.387 e. The average molecular weight is 270 g/mol. The lowest BCUT2D eigenvalue weighted by Crippen LogP contribution is -2.39. The third kappa shape index (κ3) is 3.08. The van der Waals surface area contributed by atoms with Crippen LogP contribution in [0.5, 0.6) is 0 Å². The Balaban J connectivity index is 1.96. The summed E-state index contributed by atoms with van der Waals surface area (Å²) >= 11 is 0. The Labute approximate surface area is 110 Å². The molecule has 2 rings (SSSR count). The van der Waals surface area contributed by atoms with E-state index in [4.69, 9.17) is 0 Å². The van der Waals surface area contributed by atoms with E-state index in [1.165, 1.54) is 0 Å². The third-order valence-electron chi connectivity index (χ3n) is 3.30. The molecule has 6 heteroatoms. The van der Waals surface area contributed by atoms with Crippen LogP contribution in [0.25, 0.3) is 0 Å². The molecule has 0 radical (unpaired) electrons. The summed E-state index contributed by atoms with van der Waals surface area (Å²) in [5, 5.41) is 12.7. The topological polar surface area (TPSA) is 52.6 Å². The van der Waals surface area contributed by atoms with Crippen LogP contribution in [0.2, 0.25) is 0 Å². The summed E-state index contributed by atoms with van der Waals surface area (Å²) in [6, 6.07) is 2.57. The second kappa shape index (κ2) is 5.63. The third-order valence-corrected chi connectivity index (χ3v) is 3.30. The number of carbonyl (C=O) groups excluding carboxylic acids is 1. The van der Waals surface area contributed by atoms with E-state index in [0.717, 1.165) is 18.2 Å². The van der Waals surface area contributed by atoms with Crippen LogP contribution in [0.1, 0.15) is 18.1 Å². The Morgan fingerprint density at radius 2 is 2.26 bits per heavy atom. The van der Waals surface area contributed by atoms with Gasteiger partial charge in [0.1, 0.15) is 11.6 Å². The van der Waals surface area contributed by atoms with Gasteiger partial charge in [-0.1, -0.05) is 0 Å². The molecular weight excluding hydrogens is 254 g/mol. The van der Waals surface area contributed by atoms with E-state index in [2.05, 4.69) is 5.32 Å². The number of aliphatic hydroxyl groups excluding tert-OH is 1. The molecule has 0 aliphatic carbocycles. The molecule has 2 atom stereocenters. The summed E-state index contributed by atoms with van der Waals surface area (Å²) in [5.41, 5.74) is -0.105. The number of hydrogen-bond acceptors (Lipinski definition) is 3. The second-order valence-corrected chi connectivity index (χ2v) is 4.69. The van der Waals surface area contributed by atoms with E-state index in [0.29, 0.717) is 13.0 Å². The number of benzene rings is 1. The van der Waals surface area contributed by atoms with Gasteiger partial charge >= 0.3 is 0 Å². The predicted octanol–water partition coefficient (Wildman–Crippen LogP) is 0.819. The van der Waals surface area contributed by atoms with Crippen molar-refractivity contribution < 1.29 is 18.7 Å². The molecular formula is C13H16F2N2O2. The van der Waals surface area contributed by atoms with Crippen molar-refractivity contribution in [3.05, 3.63) is 35.4 Å². The highest BCUT2D eigenvalue weighted by Gasteiger charge is 2.29. The molecule has 4 nitrogen and oxygen atoms in total. The van der Waals surface area contributed by atoms with Gasteiger partial charge in [0, 0.05) is 25.7 Å². The van der Waals surface area contributed by atoms with Gasteiger partial charge < -0.3 is 15.3 Å². The van der Waals surface area contributed by atoms with Crippen molar-refractivity contribution in [3.8, 4) is 0 Å². The van der Waals surface area contributed by atoms with Crippen LogP contribution in [-0.2, 0) is 4.79 Å². The summed E-state index contributed by atoms with van der Waals surface area (Å²) in [7, 11) is 1.70. The zero-order chi connectivity index (χ0) is 14.0. The van der Waals surface area contributed by atoms with Crippen LogP contribution in [0, 0.1) is 11.6 Å². The molecule has 1 aliphatic rings. The Bertz CT molecular complexity index is 482. The lowest BCUT2D eigenvalue weighted by molar-refractivity contribution is -0.128. The number of nitrogens with one attached hydrogen (secondary N) is 1. The maximum absolute atomic E-state index is 13.4. The van der Waals surface area contributed by atoms with Crippen LogP contribution in [-0.4, -0.2) is 42.1 Å². The highest BCUT2D eigenvalue weighted by atomic mass is 19.1. The first-order valence-corrected chi connectivity index (χ1v) is 6.10. The SMILES string of the molecule is CN1CCC(NCC(O)c2cc(F)ccc2F)C1=O. The van der Waals surface area contributed by atoms with E-state index in [1.807, 2.05) is 0 Å². The summed E-state index contributed by atoms with van der Waals surface area (Å²) in [6.45, 7) is 0.658. The van der Waals surface area contributed by atoms with Gasteiger partial charge in [-0.25, -0.2) is 8.78 Å². The minimum atomic E-state index is -1.19. The zero-order valence-corrected chi connectivity index (χ0v) is 10.6. The fourth-order valence-corrected chi connectivity index (χ4v) is 2.15. The van der Waals surface area contributed by atoms with Gasteiger partial charge in [0.15, 0.2) is 0 Å². The van der Waals surface area contributed by atoms with Crippen molar-refractivity contribution in [1.82, 2.24) is 10.2 Å². The summed E-state index contributed by atoms with van der Waals surface area (Å²) in [4.78, 5) is 13.2. The van der Waals surface area contributed by atoms with Crippen LogP contribution in [0.4, 0.5) is 8.78 Å². The Morgan fingerprint density at radius 1 is 1.53 bits per heavy atom. The fourth-order valence-electron chi connectivity index (χ4n) is 2.15. The molecule has 2 N–H and O–H groups in total. The first-order valence-electron chi connectivity index (χ1n) is 6.10. The number of amides is 1. The van der Waals surface area contributed by atoms with Crippen LogP contribution in [0.3, 0.4) is 0 Å². The van der Waals surface area contributed by atoms with E-state index in [9.17, 15) is 18.7 Å². The highest BCUT2D eigenvalue weighted by Crippen LogP contribution is 2.18. The van der Waals surface area contributed by atoms with E-state index in [-0.39, 0.29) is 24.1 Å². The molecule has 1 heterocycles. The summed E-state index contributed by atoms with van der Waals surface area (Å²) < 4.78 is 26.4. The largest absolute Gasteiger partial charge is 0.387 e. The average Bonchev–Trinajstić information content (AvgIpc) is 2.70. The Hall–Kier alpha value is -1.53. The number of rotatable bonds is 4. The molecule has 1 fully saturated rings. The van der Waals surface area contributed by atoms with Crippen molar-refractivity contribution in [2.45, 2.75) is 18.6 Å². The monoisotopic (exact) mass is 270 g/mol. The molecule has 1 aliphatic heterocycles. The molecule has 1 amide bonds. The Kier molecular flexibility index (Phi) is 4.11. The molecule has 2 unspecified atom stereocenters. The molecule has 1 aromatic rings. The fraction of sp³-hybridized carbons (Fsp3) is 0.462. The second-order valence-electron chi connectivity index (χ2n) is 4.69. The van der Waals surface area contributed by atoms with Gasteiger partial charge in [-0.15, -0.1) is 0 Å². The van der Waals surface area contributed by atoms with Gasteiger partial charge in [0.05, 0.1) is 12.1 Å². The van der Waals surface area contributed by atoms with Crippen LogP contribution in [0.15, 0.2) is 18.2 Å². The van der Waals surface area contributed by atoms with Crippen LogP contribution < -0.4 is 5.32 Å². The zero-order valence-electron chi connectivity index (χ0n) is 10.6. The number of hydrogen-bond donors (Lipinski definition) is 2. The number of carbonyl (C=O) groups is 1. The molecule has 0 saturated carbocycles. The lowest BCUT2D eigenvalue weighted by Gasteiger charge is -2.16. The minimum absolute atomic E-state index is 0.00458. The van der Waals surface area contributed by atoms with E-state index >= 15 is 0 Å². The number of halogens is 2. The maximum atomic E-state index is 13.4. The standard InChI is InChI=1S/C13H16F2N2O2/c1-17-5-4-11(13(17)19)16-7-12(18)9-6-8(14)2-3-10(9)15/h2-3,6,11-12,16,18H,4-5,7H2,1H3. The number of nitrogens with zero attached hydrogens (tertiary/aromatic N) is 1. The first kappa shape index (κ1) is 13.9. The summed E-state index contributed by atoms with van der Waals surface area (Å²) in [6.07, 6.45) is -0.539. The molecule has 0 spiro atoms. The van der Waals surface area contributed by atoms with E-state index < -0.39 is 17.7 Å². The number of likely N-dealkylation sites (tertiary alicyclic amines) is 1. The molecule has 104 valence electrons. The molecule has 1 saturated heterocycles. The quantitative estimate of drug-likeness (QED) is 0.851. The van der Waals surface area contributed by atoms with Gasteiger partial charge in [-0.05, 0) is 24.6 Å². The molecule has 19 heavy (non-hydrogen) atoms. The van der Waals surface area contributed by atoms with E-state index in [1.54, 1.807) is 11.9 Å². The predicted molar refractivity (Wildman–Crippen MR) is 65.4 cm³/mol. The van der Waals surface area contributed by atoms with Gasteiger partial charge in [-0.2, -0.15) is 0 Å². The molecule has 1 aromatic carbocycles. The lowest BCUT2D eigenvalue weighted by atomic mass is 10.1. The smallest absolute Gasteiger partial charge is 0.239 e. The number of aliphatic hydroxyl groups is 1. The normalized spacial score (nSPS) is 20.9. The van der Waals surface area contributed by atoms with Crippen molar-refractivity contribution in [2.75, 3.05) is 20.1 Å². The highest BCUT2D eigenvalue weighted by molar-refractivity contribution is 5.83. The van der Waals surface area contributed by atoms with Crippen LogP contribution >= 0.6 is 0 Å². The van der Waals surface area contributed by atoms with Crippen molar-refractivity contribution in [3.63, 3.8) is 0 Å². The first-order chi connectivity index (χ1) is 8.99. The van der Waals surface area contributed by atoms with Crippen molar-refractivity contribution in [2.24, 2.45) is 0 Å². The Morgan fingerprint density at radius 3 is 2.89 bits per heavy atom. The molecule has 0 aromatic heterocycles. The number of likely N-dealkylation sites (N-methyl/N-ethyl adjacent to an activating group) is 1. The van der Waals surface area contributed by atoms with Gasteiger partial charge in [-0.3, -0.25) is 4.79 Å². The van der Waals surface area contributed by atoms with Crippen molar-refractivity contribution >= 4 is 5.91 Å².